The van der Waals surface area contributed by atoms with Crippen LogP contribution >= 0.6 is 0 Å². The molecule has 0 aromatic carbocycles. The molecule has 0 saturated carbocycles. The van der Waals surface area contributed by atoms with Crippen molar-refractivity contribution in [3.63, 3.8) is 0 Å². The Morgan fingerprint density at radius 3 is 3.04 bits per heavy atom. The topological polar surface area (TPSA) is 81.3 Å². The van der Waals surface area contributed by atoms with Crippen LogP contribution in [0.25, 0.3) is 11.0 Å². The van der Waals surface area contributed by atoms with Crippen LogP contribution in [0.5, 0.6) is 5.88 Å². The molecule has 2 aromatic heterocycles. The Kier molecular flexibility index (Phi) is 4.38. The Morgan fingerprint density at radius 1 is 1.52 bits per heavy atom. The van der Waals surface area contributed by atoms with E-state index in [2.05, 4.69) is 14.9 Å². The molecule has 2 aromatic rings. The second-order valence-corrected chi connectivity index (χ2v) is 5.74. The molecule has 1 aliphatic heterocycles. The van der Waals surface area contributed by atoms with Gasteiger partial charge in [-0.05, 0) is 25.5 Å². The lowest BCUT2D eigenvalue weighted by atomic mass is 10.1. The number of carbonyl (C=O) groups is 1. The average molecular weight is 318 g/mol. The number of halogens is 1. The fraction of sp³-hybridized carbons (Fsp3) is 0.438. The van der Waals surface area contributed by atoms with Gasteiger partial charge >= 0.3 is 0 Å². The van der Waals surface area contributed by atoms with E-state index < -0.39 is 0 Å². The van der Waals surface area contributed by atoms with Gasteiger partial charge in [0, 0.05) is 24.7 Å². The molecule has 1 amide bonds. The number of aromatic nitrogens is 2. The van der Waals surface area contributed by atoms with Crippen molar-refractivity contribution in [2.45, 2.75) is 12.8 Å². The van der Waals surface area contributed by atoms with Gasteiger partial charge in [-0.2, -0.15) is 0 Å². The molecular formula is C16H19FN4O2. The first-order chi connectivity index (χ1) is 11.1. The molecule has 0 radical (unpaired) electrons. The molecule has 0 aliphatic carbocycles. The number of nitrogens with zero attached hydrogens (tertiary/aromatic N) is 3. The summed E-state index contributed by atoms with van der Waals surface area (Å²) in [5, 5.41) is 0. The summed E-state index contributed by atoms with van der Waals surface area (Å²) in [5.41, 5.74) is 7.03. The predicted molar refractivity (Wildman–Crippen MR) is 83.5 cm³/mol. The van der Waals surface area contributed by atoms with E-state index in [1.807, 2.05) is 0 Å². The van der Waals surface area contributed by atoms with Crippen molar-refractivity contribution < 1.29 is 13.9 Å². The van der Waals surface area contributed by atoms with Gasteiger partial charge in [0.15, 0.2) is 0 Å². The summed E-state index contributed by atoms with van der Waals surface area (Å²) in [4.78, 5) is 21.7. The Morgan fingerprint density at radius 2 is 2.35 bits per heavy atom. The molecule has 7 heteroatoms. The van der Waals surface area contributed by atoms with E-state index in [1.54, 1.807) is 12.1 Å². The van der Waals surface area contributed by atoms with Crippen LogP contribution < -0.4 is 10.5 Å². The Bertz CT molecular complexity index is 737. The van der Waals surface area contributed by atoms with Crippen LogP contribution in [0, 0.1) is 11.7 Å². The van der Waals surface area contributed by atoms with Gasteiger partial charge in [0.1, 0.15) is 5.82 Å². The molecular weight excluding hydrogens is 299 g/mol. The first-order valence-electron chi connectivity index (χ1n) is 7.58. The number of primary amides is 1. The second-order valence-electron chi connectivity index (χ2n) is 5.74. The number of hydrogen-bond acceptors (Lipinski definition) is 5. The van der Waals surface area contributed by atoms with Crippen LogP contribution in [0.3, 0.4) is 0 Å². The largest absolute Gasteiger partial charge is 0.481 e. The maximum atomic E-state index is 14.2. The molecule has 1 aliphatic rings. The molecule has 3 rings (SSSR count). The zero-order chi connectivity index (χ0) is 16.4. The highest BCUT2D eigenvalue weighted by Gasteiger charge is 2.26. The number of amides is 1. The van der Waals surface area contributed by atoms with Crippen molar-refractivity contribution >= 4 is 16.9 Å². The number of fused-ring (bicyclic) bond motifs is 1. The Labute approximate surface area is 133 Å². The van der Waals surface area contributed by atoms with Crippen molar-refractivity contribution in [1.29, 1.82) is 0 Å². The van der Waals surface area contributed by atoms with Gasteiger partial charge in [0.25, 0.3) is 0 Å². The van der Waals surface area contributed by atoms with Gasteiger partial charge in [0.2, 0.25) is 11.8 Å². The maximum Gasteiger partial charge on any atom is 0.221 e. The summed E-state index contributed by atoms with van der Waals surface area (Å²) in [6.07, 6.45) is 2.49. The van der Waals surface area contributed by atoms with E-state index in [1.165, 1.54) is 13.3 Å². The minimum atomic E-state index is -0.371. The lowest BCUT2D eigenvalue weighted by Crippen LogP contribution is -2.28. The molecule has 1 atom stereocenters. The van der Waals surface area contributed by atoms with Crippen LogP contribution in [0.1, 0.15) is 12.0 Å². The number of ether oxygens (including phenoxy) is 1. The highest BCUT2D eigenvalue weighted by Crippen LogP contribution is 2.23. The van der Waals surface area contributed by atoms with Gasteiger partial charge in [-0.15, -0.1) is 0 Å². The normalized spacial score (nSPS) is 18.4. The SMILES string of the molecule is COc1ccc2ncc(F)c(CCN3CCC(C(N)=O)C3)c2n1. The van der Waals surface area contributed by atoms with E-state index in [4.69, 9.17) is 10.5 Å². The summed E-state index contributed by atoms with van der Waals surface area (Å²) < 4.78 is 19.3. The second kappa shape index (κ2) is 6.45. The van der Waals surface area contributed by atoms with Crippen LogP contribution in [0.4, 0.5) is 4.39 Å². The highest BCUT2D eigenvalue weighted by atomic mass is 19.1. The number of pyridine rings is 2. The third-order valence-electron chi connectivity index (χ3n) is 4.30. The molecule has 1 unspecified atom stereocenters. The molecule has 1 saturated heterocycles. The van der Waals surface area contributed by atoms with E-state index >= 15 is 0 Å². The lowest BCUT2D eigenvalue weighted by molar-refractivity contribution is -0.121. The van der Waals surface area contributed by atoms with Crippen molar-refractivity contribution in [2.24, 2.45) is 11.7 Å². The highest BCUT2D eigenvalue weighted by molar-refractivity contribution is 5.78. The molecule has 0 bridgehead atoms. The third-order valence-corrected chi connectivity index (χ3v) is 4.30. The summed E-state index contributed by atoms with van der Waals surface area (Å²) in [5.74, 6) is -0.309. The van der Waals surface area contributed by atoms with E-state index in [0.29, 0.717) is 42.0 Å². The van der Waals surface area contributed by atoms with Crippen molar-refractivity contribution in [3.8, 4) is 5.88 Å². The van der Waals surface area contributed by atoms with E-state index in [9.17, 15) is 9.18 Å². The fourth-order valence-electron chi connectivity index (χ4n) is 2.97. The van der Waals surface area contributed by atoms with Crippen molar-refractivity contribution in [1.82, 2.24) is 14.9 Å². The minimum absolute atomic E-state index is 0.104. The van der Waals surface area contributed by atoms with Crippen LogP contribution in [-0.4, -0.2) is 47.5 Å². The fourth-order valence-corrected chi connectivity index (χ4v) is 2.97. The first kappa shape index (κ1) is 15.6. The molecule has 122 valence electrons. The quantitative estimate of drug-likeness (QED) is 0.893. The molecule has 23 heavy (non-hydrogen) atoms. The summed E-state index contributed by atoms with van der Waals surface area (Å²) >= 11 is 0. The Balaban J connectivity index is 1.79. The van der Waals surface area contributed by atoms with Crippen LogP contribution in [0.2, 0.25) is 0 Å². The van der Waals surface area contributed by atoms with Crippen LogP contribution in [-0.2, 0) is 11.2 Å². The van der Waals surface area contributed by atoms with Gasteiger partial charge in [-0.1, -0.05) is 0 Å². The number of carbonyl (C=O) groups excluding carboxylic acids is 1. The number of methoxy groups -OCH3 is 1. The molecule has 2 N–H and O–H groups in total. The lowest BCUT2D eigenvalue weighted by Gasteiger charge is -2.16. The Hall–Kier alpha value is -2.28. The smallest absolute Gasteiger partial charge is 0.221 e. The van der Waals surface area contributed by atoms with Gasteiger partial charge in [-0.3, -0.25) is 9.78 Å². The first-order valence-corrected chi connectivity index (χ1v) is 7.58. The zero-order valence-electron chi connectivity index (χ0n) is 13.0. The van der Waals surface area contributed by atoms with Gasteiger partial charge in [0.05, 0.1) is 30.3 Å². The molecule has 0 spiro atoms. The van der Waals surface area contributed by atoms with Crippen LogP contribution in [0.15, 0.2) is 18.3 Å². The number of rotatable bonds is 5. The summed E-state index contributed by atoms with van der Waals surface area (Å²) in [6, 6.07) is 3.47. The molecule has 1 fully saturated rings. The van der Waals surface area contributed by atoms with Gasteiger partial charge in [-0.25, -0.2) is 9.37 Å². The van der Waals surface area contributed by atoms with E-state index in [-0.39, 0.29) is 17.6 Å². The zero-order valence-corrected chi connectivity index (χ0v) is 13.0. The number of hydrogen-bond donors (Lipinski definition) is 1. The standard InChI is InChI=1S/C16H19FN4O2/c1-23-14-3-2-13-15(20-14)11(12(17)8-19-13)5-7-21-6-4-10(9-21)16(18)22/h2-3,8,10H,4-7,9H2,1H3,(H2,18,22). The van der Waals surface area contributed by atoms with Crippen molar-refractivity contribution in [3.05, 3.63) is 29.7 Å². The summed E-state index contributed by atoms with van der Waals surface area (Å²) in [7, 11) is 1.52. The summed E-state index contributed by atoms with van der Waals surface area (Å²) in [6.45, 7) is 2.09. The average Bonchev–Trinajstić information content (AvgIpc) is 3.02. The monoisotopic (exact) mass is 318 g/mol. The third kappa shape index (κ3) is 3.24. The minimum Gasteiger partial charge on any atom is -0.481 e. The predicted octanol–water partition coefficient (Wildman–Crippen LogP) is 1.13. The van der Waals surface area contributed by atoms with Crippen molar-refractivity contribution in [2.75, 3.05) is 26.7 Å². The van der Waals surface area contributed by atoms with E-state index in [0.717, 1.165) is 13.0 Å². The maximum absolute atomic E-state index is 14.2. The number of likely N-dealkylation sites (tertiary alicyclic amines) is 1. The molecule has 6 nitrogen and oxygen atoms in total. The van der Waals surface area contributed by atoms with Gasteiger partial charge < -0.3 is 15.4 Å². The molecule has 3 heterocycles. The number of nitrogens with two attached hydrogens (primary N) is 1.